The van der Waals surface area contributed by atoms with Crippen molar-refractivity contribution in [2.75, 3.05) is 19.6 Å². The second-order valence-corrected chi connectivity index (χ2v) is 6.12. The summed E-state index contributed by atoms with van der Waals surface area (Å²) in [5, 5.41) is 8.83. The Kier molecular flexibility index (Phi) is 5.89. The molecule has 1 heterocycles. The quantitative estimate of drug-likeness (QED) is 0.828. The summed E-state index contributed by atoms with van der Waals surface area (Å²) in [6.45, 7) is 1.41. The first kappa shape index (κ1) is 19.7. The van der Waals surface area contributed by atoms with Crippen LogP contribution in [0.25, 0.3) is 0 Å². The highest BCUT2D eigenvalue weighted by molar-refractivity contribution is 5.90. The Morgan fingerprint density at radius 1 is 1.35 bits per heavy atom. The van der Waals surface area contributed by atoms with Crippen molar-refractivity contribution in [2.24, 2.45) is 5.92 Å². The number of benzene rings is 1. The number of alkyl halides is 3. The Morgan fingerprint density at radius 2 is 2.04 bits per heavy atom. The van der Waals surface area contributed by atoms with E-state index in [2.05, 4.69) is 0 Å². The predicted molar refractivity (Wildman–Crippen MR) is 84.9 cm³/mol. The fourth-order valence-corrected chi connectivity index (χ4v) is 2.92. The van der Waals surface area contributed by atoms with Gasteiger partial charge in [0.1, 0.15) is 6.54 Å². The van der Waals surface area contributed by atoms with Gasteiger partial charge in [-0.05, 0) is 24.6 Å². The average molecular weight is 372 g/mol. The minimum atomic E-state index is -4.47. The molecule has 1 atom stereocenters. The number of rotatable bonds is 6. The number of likely N-dealkylation sites (N-methyl/N-ethyl adjacent to an activating group) is 1. The minimum Gasteiger partial charge on any atom is -0.480 e. The van der Waals surface area contributed by atoms with Gasteiger partial charge in [0.25, 0.3) is 0 Å². The van der Waals surface area contributed by atoms with Crippen LogP contribution in [0.4, 0.5) is 13.2 Å². The average Bonchev–Trinajstić information content (AvgIpc) is 2.92. The second-order valence-electron chi connectivity index (χ2n) is 6.12. The van der Waals surface area contributed by atoms with Crippen molar-refractivity contribution in [3.8, 4) is 0 Å². The second kappa shape index (κ2) is 7.76. The molecule has 1 saturated heterocycles. The Morgan fingerprint density at radius 3 is 2.62 bits per heavy atom. The van der Waals surface area contributed by atoms with Crippen LogP contribution < -0.4 is 0 Å². The lowest BCUT2D eigenvalue weighted by Crippen LogP contribution is -2.40. The van der Waals surface area contributed by atoms with Crippen molar-refractivity contribution in [3.05, 3.63) is 35.4 Å². The highest BCUT2D eigenvalue weighted by Gasteiger charge is 2.37. The Balaban J connectivity index is 2.06. The van der Waals surface area contributed by atoms with Crippen LogP contribution in [-0.2, 0) is 27.1 Å². The summed E-state index contributed by atoms with van der Waals surface area (Å²) >= 11 is 0. The first-order valence-corrected chi connectivity index (χ1v) is 8.06. The maximum atomic E-state index is 12.8. The molecule has 1 unspecified atom stereocenters. The molecule has 1 aliphatic heterocycles. The topological polar surface area (TPSA) is 77.9 Å². The van der Waals surface area contributed by atoms with Crippen molar-refractivity contribution < 1.29 is 32.7 Å². The van der Waals surface area contributed by atoms with Gasteiger partial charge in [-0.3, -0.25) is 14.4 Å². The van der Waals surface area contributed by atoms with E-state index in [4.69, 9.17) is 5.11 Å². The van der Waals surface area contributed by atoms with Crippen LogP contribution in [0, 0.1) is 5.92 Å². The lowest BCUT2D eigenvalue weighted by atomic mass is 10.1. The standard InChI is InChI=1S/C17H19F3N2O4/c1-2-21(10-15(24)25)16(26)12-7-14(23)22(9-12)8-11-4-3-5-13(6-11)17(18,19)20/h3-6,12H,2,7-10H2,1H3,(H,24,25). The smallest absolute Gasteiger partial charge is 0.416 e. The van der Waals surface area contributed by atoms with Crippen LogP contribution in [0.15, 0.2) is 24.3 Å². The maximum Gasteiger partial charge on any atom is 0.416 e. The molecule has 0 aliphatic carbocycles. The summed E-state index contributed by atoms with van der Waals surface area (Å²) in [7, 11) is 0. The molecule has 1 aliphatic rings. The van der Waals surface area contributed by atoms with Crippen LogP contribution in [0.3, 0.4) is 0 Å². The fraction of sp³-hybridized carbons (Fsp3) is 0.471. The molecule has 1 N–H and O–H groups in total. The SMILES string of the molecule is CCN(CC(=O)O)C(=O)C1CC(=O)N(Cc2cccc(C(F)(F)F)c2)C1. The zero-order valence-corrected chi connectivity index (χ0v) is 14.1. The molecule has 0 saturated carbocycles. The normalized spacial score (nSPS) is 17.5. The number of aliphatic carboxylic acids is 1. The predicted octanol–water partition coefficient (Wildman–Crippen LogP) is 1.99. The fourth-order valence-electron chi connectivity index (χ4n) is 2.92. The molecule has 6 nitrogen and oxygen atoms in total. The molecule has 0 bridgehead atoms. The van der Waals surface area contributed by atoms with Gasteiger partial charge in [0, 0.05) is 26.1 Å². The maximum absolute atomic E-state index is 12.8. The van der Waals surface area contributed by atoms with Crippen LogP contribution in [0.5, 0.6) is 0 Å². The summed E-state index contributed by atoms with van der Waals surface area (Å²) in [6, 6.07) is 4.69. The van der Waals surface area contributed by atoms with Crippen LogP contribution >= 0.6 is 0 Å². The van der Waals surface area contributed by atoms with Gasteiger partial charge >= 0.3 is 12.1 Å². The van der Waals surface area contributed by atoms with Crippen LogP contribution in [0.1, 0.15) is 24.5 Å². The van der Waals surface area contributed by atoms with Crippen molar-refractivity contribution in [1.82, 2.24) is 9.80 Å². The zero-order chi connectivity index (χ0) is 19.5. The molecule has 1 fully saturated rings. The van der Waals surface area contributed by atoms with Crippen molar-refractivity contribution >= 4 is 17.8 Å². The van der Waals surface area contributed by atoms with E-state index >= 15 is 0 Å². The van der Waals surface area contributed by atoms with E-state index in [9.17, 15) is 27.6 Å². The molecular formula is C17H19F3N2O4. The van der Waals surface area contributed by atoms with Gasteiger partial charge in [0.2, 0.25) is 11.8 Å². The largest absolute Gasteiger partial charge is 0.480 e. The molecule has 0 spiro atoms. The summed E-state index contributed by atoms with van der Waals surface area (Å²) in [4.78, 5) is 37.8. The number of likely N-dealkylation sites (tertiary alicyclic amines) is 1. The van der Waals surface area contributed by atoms with Gasteiger partial charge in [-0.15, -0.1) is 0 Å². The number of carboxylic acid groups (broad SMARTS) is 1. The lowest BCUT2D eigenvalue weighted by molar-refractivity contribution is -0.146. The first-order chi connectivity index (χ1) is 12.1. The minimum absolute atomic E-state index is 0.0302. The van der Waals surface area contributed by atoms with E-state index in [1.807, 2.05) is 0 Å². The highest BCUT2D eigenvalue weighted by atomic mass is 19.4. The number of hydrogen-bond donors (Lipinski definition) is 1. The molecule has 2 amide bonds. The van der Waals surface area contributed by atoms with Gasteiger partial charge in [-0.25, -0.2) is 0 Å². The van der Waals surface area contributed by atoms with Crippen molar-refractivity contribution in [2.45, 2.75) is 26.1 Å². The molecule has 9 heteroatoms. The van der Waals surface area contributed by atoms with E-state index in [0.717, 1.165) is 17.0 Å². The lowest BCUT2D eigenvalue weighted by Gasteiger charge is -2.22. The number of halogens is 3. The number of amides is 2. The third kappa shape index (κ3) is 4.74. The monoisotopic (exact) mass is 372 g/mol. The van der Waals surface area contributed by atoms with Gasteiger partial charge in [-0.2, -0.15) is 13.2 Å². The number of hydrogen-bond acceptors (Lipinski definition) is 3. The number of carboxylic acids is 1. The van der Waals surface area contributed by atoms with Crippen LogP contribution in [0.2, 0.25) is 0 Å². The zero-order valence-electron chi connectivity index (χ0n) is 14.1. The van der Waals surface area contributed by atoms with E-state index in [-0.39, 0.29) is 32.0 Å². The highest BCUT2D eigenvalue weighted by Crippen LogP contribution is 2.30. The molecule has 0 radical (unpaired) electrons. The van der Waals surface area contributed by atoms with Gasteiger partial charge in [0.05, 0.1) is 11.5 Å². The third-order valence-electron chi connectivity index (χ3n) is 4.21. The summed E-state index contributed by atoms with van der Waals surface area (Å²) < 4.78 is 38.3. The molecule has 2 rings (SSSR count). The molecule has 1 aromatic rings. The van der Waals surface area contributed by atoms with Gasteiger partial charge < -0.3 is 14.9 Å². The van der Waals surface area contributed by atoms with Crippen LogP contribution in [-0.4, -0.2) is 52.3 Å². The molecule has 0 aromatic heterocycles. The van der Waals surface area contributed by atoms with Gasteiger partial charge in [-0.1, -0.05) is 12.1 Å². The Labute approximate surface area is 148 Å². The number of carbonyl (C=O) groups excluding carboxylic acids is 2. The Hall–Kier alpha value is -2.58. The van der Waals surface area contributed by atoms with Crippen molar-refractivity contribution in [1.29, 1.82) is 0 Å². The van der Waals surface area contributed by atoms with E-state index in [1.165, 1.54) is 17.0 Å². The first-order valence-electron chi connectivity index (χ1n) is 8.06. The van der Waals surface area contributed by atoms with E-state index in [0.29, 0.717) is 5.56 Å². The van der Waals surface area contributed by atoms with E-state index < -0.39 is 36.1 Å². The summed E-state index contributed by atoms with van der Waals surface area (Å²) in [6.07, 6.45) is -4.55. The van der Waals surface area contributed by atoms with E-state index in [1.54, 1.807) is 6.92 Å². The number of nitrogens with zero attached hydrogens (tertiary/aromatic N) is 2. The molecule has 142 valence electrons. The summed E-state index contributed by atoms with van der Waals surface area (Å²) in [5.74, 6) is -2.61. The third-order valence-corrected chi connectivity index (χ3v) is 4.21. The van der Waals surface area contributed by atoms with Gasteiger partial charge in [0.15, 0.2) is 0 Å². The van der Waals surface area contributed by atoms with Crippen molar-refractivity contribution in [3.63, 3.8) is 0 Å². The molecule has 1 aromatic carbocycles. The summed E-state index contributed by atoms with van der Waals surface area (Å²) in [5.41, 5.74) is -0.480. The molecule has 26 heavy (non-hydrogen) atoms. The molecular weight excluding hydrogens is 353 g/mol. The Bertz CT molecular complexity index is 705. The number of carbonyl (C=O) groups is 3.